The molecule has 0 atom stereocenters. The molecular formula is C4H5ClN2O2. The Morgan fingerprint density at radius 3 is 3.00 bits per heavy atom. The molecule has 1 aromatic heterocycles. The quantitative estimate of drug-likeness (QED) is 0.617. The van der Waals surface area contributed by atoms with Gasteiger partial charge in [0.2, 0.25) is 5.88 Å². The van der Waals surface area contributed by atoms with E-state index in [1.54, 1.807) is 0 Å². The van der Waals surface area contributed by atoms with Gasteiger partial charge >= 0.3 is 0 Å². The minimum atomic E-state index is 0. The van der Waals surface area contributed by atoms with Crippen molar-refractivity contribution in [1.82, 2.24) is 9.97 Å². The summed E-state index contributed by atoms with van der Waals surface area (Å²) in [6.07, 6.45) is 2.84. The number of aromatic amines is 1. The minimum Gasteiger partial charge on any atom is -0.410 e. The van der Waals surface area contributed by atoms with Gasteiger partial charge in [-0.3, -0.25) is 4.79 Å². The predicted octanol–water partition coefficient (Wildman–Crippen LogP) is 0.367. The van der Waals surface area contributed by atoms with Crippen LogP contribution >= 0.6 is 12.4 Å². The molecule has 0 saturated heterocycles. The van der Waals surface area contributed by atoms with Crippen LogP contribution in [-0.4, -0.2) is 16.4 Å². The van der Waals surface area contributed by atoms with Crippen LogP contribution in [0.25, 0.3) is 0 Å². The topological polar surface area (TPSA) is 55.0 Å². The summed E-state index contributed by atoms with van der Waals surface area (Å²) >= 11 is 0. The number of aromatic nitrogens is 2. The van der Waals surface area contributed by atoms with Crippen LogP contribution < -0.4 is 4.74 Å². The molecule has 0 aromatic carbocycles. The number of hydrogen-bond donors (Lipinski definition) is 1. The van der Waals surface area contributed by atoms with E-state index in [-0.39, 0.29) is 12.4 Å². The zero-order valence-electron chi connectivity index (χ0n) is 4.40. The summed E-state index contributed by atoms with van der Waals surface area (Å²) < 4.78 is 4.35. The van der Waals surface area contributed by atoms with Gasteiger partial charge in [0.05, 0.1) is 12.5 Å². The molecule has 0 amide bonds. The average molecular weight is 149 g/mol. The van der Waals surface area contributed by atoms with Crippen molar-refractivity contribution in [2.75, 3.05) is 0 Å². The van der Waals surface area contributed by atoms with Crippen molar-refractivity contribution in [3.63, 3.8) is 0 Å². The molecule has 0 saturated carbocycles. The molecule has 0 bridgehead atoms. The van der Waals surface area contributed by atoms with Crippen molar-refractivity contribution in [1.29, 1.82) is 0 Å². The van der Waals surface area contributed by atoms with E-state index in [9.17, 15) is 4.79 Å². The number of imidazole rings is 1. The van der Waals surface area contributed by atoms with Crippen LogP contribution in [0.15, 0.2) is 12.5 Å². The maximum Gasteiger partial charge on any atom is 0.299 e. The minimum absolute atomic E-state index is 0. The highest BCUT2D eigenvalue weighted by Gasteiger charge is 1.87. The van der Waals surface area contributed by atoms with E-state index < -0.39 is 0 Å². The Morgan fingerprint density at radius 2 is 2.56 bits per heavy atom. The first-order chi connectivity index (χ1) is 3.93. The number of carbonyl (C=O) groups excluding carboxylic acids is 1. The van der Waals surface area contributed by atoms with Crippen molar-refractivity contribution >= 4 is 18.9 Å². The molecular weight excluding hydrogens is 144 g/mol. The van der Waals surface area contributed by atoms with Gasteiger partial charge in [0.25, 0.3) is 6.47 Å². The highest BCUT2D eigenvalue weighted by atomic mass is 35.5. The maximum atomic E-state index is 9.60. The van der Waals surface area contributed by atoms with Crippen LogP contribution in [0, 0.1) is 0 Å². The van der Waals surface area contributed by atoms with Crippen LogP contribution in [-0.2, 0) is 4.79 Å². The van der Waals surface area contributed by atoms with Crippen LogP contribution in [0.1, 0.15) is 0 Å². The summed E-state index contributed by atoms with van der Waals surface area (Å²) in [6, 6.07) is 0. The molecule has 4 nitrogen and oxygen atoms in total. The first-order valence-corrected chi connectivity index (χ1v) is 2.02. The molecule has 1 N–H and O–H groups in total. The summed E-state index contributed by atoms with van der Waals surface area (Å²) in [5.74, 6) is 0.361. The lowest BCUT2D eigenvalue weighted by Gasteiger charge is -1.84. The maximum absolute atomic E-state index is 9.60. The van der Waals surface area contributed by atoms with Gasteiger partial charge in [-0.15, -0.1) is 12.4 Å². The van der Waals surface area contributed by atoms with Crippen molar-refractivity contribution in [2.45, 2.75) is 0 Å². The standard InChI is InChI=1S/C4H4N2O2.ClH/c7-3-8-4-1-5-2-6-4;/h1-3H,(H,5,6);1H. The van der Waals surface area contributed by atoms with Gasteiger partial charge < -0.3 is 9.72 Å². The summed E-state index contributed by atoms with van der Waals surface area (Å²) in [6.45, 7) is 0.341. The number of H-pyrrole nitrogens is 1. The summed E-state index contributed by atoms with van der Waals surface area (Å²) in [7, 11) is 0. The molecule has 0 radical (unpaired) electrons. The van der Waals surface area contributed by atoms with Crippen molar-refractivity contribution in [2.24, 2.45) is 0 Å². The molecule has 0 fully saturated rings. The molecule has 1 heterocycles. The fourth-order valence-corrected chi connectivity index (χ4v) is 0.359. The molecule has 50 valence electrons. The molecule has 0 unspecified atom stereocenters. The Morgan fingerprint density at radius 1 is 1.78 bits per heavy atom. The number of rotatable bonds is 2. The first-order valence-electron chi connectivity index (χ1n) is 2.02. The van der Waals surface area contributed by atoms with Crippen molar-refractivity contribution < 1.29 is 9.53 Å². The van der Waals surface area contributed by atoms with Gasteiger partial charge in [-0.2, -0.15) is 0 Å². The number of hydrogen-bond acceptors (Lipinski definition) is 3. The molecule has 9 heavy (non-hydrogen) atoms. The second-order valence-corrected chi connectivity index (χ2v) is 1.13. The lowest BCUT2D eigenvalue weighted by Crippen LogP contribution is -1.86. The van der Waals surface area contributed by atoms with Gasteiger partial charge in [0.15, 0.2) is 0 Å². The van der Waals surface area contributed by atoms with Gasteiger partial charge in [-0.25, -0.2) is 4.98 Å². The Bertz CT molecular complexity index is 163. The SMILES string of the molecule is Cl.O=COc1cnc[nH]1. The Balaban J connectivity index is 0.000000640. The highest BCUT2D eigenvalue weighted by molar-refractivity contribution is 5.85. The molecule has 1 aromatic rings. The Labute approximate surface area is 57.7 Å². The zero-order chi connectivity index (χ0) is 5.82. The fourth-order valence-electron chi connectivity index (χ4n) is 0.359. The second-order valence-electron chi connectivity index (χ2n) is 1.13. The fraction of sp³-hybridized carbons (Fsp3) is 0. The van der Waals surface area contributed by atoms with Gasteiger partial charge in [0.1, 0.15) is 0 Å². The summed E-state index contributed by atoms with van der Waals surface area (Å²) in [5.41, 5.74) is 0. The largest absolute Gasteiger partial charge is 0.410 e. The van der Waals surface area contributed by atoms with Gasteiger partial charge in [0, 0.05) is 0 Å². The molecule has 1 rings (SSSR count). The van der Waals surface area contributed by atoms with Crippen molar-refractivity contribution in [3.8, 4) is 5.88 Å². The van der Waals surface area contributed by atoms with E-state index in [0.717, 1.165) is 0 Å². The monoisotopic (exact) mass is 148 g/mol. The van der Waals surface area contributed by atoms with Crippen LogP contribution in [0.5, 0.6) is 5.88 Å². The van der Waals surface area contributed by atoms with Crippen LogP contribution in [0.4, 0.5) is 0 Å². The third kappa shape index (κ3) is 2.14. The number of halogens is 1. The van der Waals surface area contributed by atoms with E-state index in [2.05, 4.69) is 14.7 Å². The number of nitrogens with zero attached hydrogens (tertiary/aromatic N) is 1. The molecule has 0 aliphatic carbocycles. The third-order valence-electron chi connectivity index (χ3n) is 0.648. The highest BCUT2D eigenvalue weighted by Crippen LogP contribution is 1.97. The second kappa shape index (κ2) is 3.91. The van der Waals surface area contributed by atoms with E-state index >= 15 is 0 Å². The number of ether oxygens (including phenoxy) is 1. The third-order valence-corrected chi connectivity index (χ3v) is 0.648. The zero-order valence-corrected chi connectivity index (χ0v) is 5.22. The summed E-state index contributed by atoms with van der Waals surface area (Å²) in [5, 5.41) is 0. The first kappa shape index (κ1) is 7.97. The average Bonchev–Trinajstić information content (AvgIpc) is 2.19. The van der Waals surface area contributed by atoms with E-state index in [1.807, 2.05) is 0 Å². The lowest BCUT2D eigenvalue weighted by molar-refractivity contribution is -0.120. The lowest BCUT2D eigenvalue weighted by atomic mass is 10.9. The van der Waals surface area contributed by atoms with Crippen LogP contribution in [0.2, 0.25) is 0 Å². The van der Waals surface area contributed by atoms with E-state index in [1.165, 1.54) is 12.5 Å². The number of nitrogens with one attached hydrogen (secondary N) is 1. The van der Waals surface area contributed by atoms with Crippen LogP contribution in [0.3, 0.4) is 0 Å². The number of carbonyl (C=O) groups is 1. The Hall–Kier alpha value is -1.03. The molecule has 5 heteroatoms. The van der Waals surface area contributed by atoms with E-state index in [4.69, 9.17) is 0 Å². The normalized spacial score (nSPS) is 7.56. The van der Waals surface area contributed by atoms with Gasteiger partial charge in [-0.05, 0) is 0 Å². The van der Waals surface area contributed by atoms with E-state index in [0.29, 0.717) is 12.4 Å². The molecule has 0 aliphatic rings. The molecule has 0 aliphatic heterocycles. The Kier molecular flexibility index (Phi) is 3.46. The molecule has 0 spiro atoms. The summed E-state index contributed by atoms with van der Waals surface area (Å²) in [4.78, 5) is 15.8. The van der Waals surface area contributed by atoms with Crippen molar-refractivity contribution in [3.05, 3.63) is 12.5 Å². The van der Waals surface area contributed by atoms with Gasteiger partial charge in [-0.1, -0.05) is 0 Å². The predicted molar refractivity (Wildman–Crippen MR) is 32.5 cm³/mol. The smallest absolute Gasteiger partial charge is 0.299 e.